The molecule has 2 unspecified atom stereocenters. The Bertz CT molecular complexity index is 225. The molecule has 0 aliphatic rings. The maximum atomic E-state index is 11.7. The minimum absolute atomic E-state index is 0.116. The second-order valence-electron chi connectivity index (χ2n) is 4.00. The molecule has 0 saturated heterocycles. The van der Waals surface area contributed by atoms with Gasteiger partial charge in [-0.25, -0.2) is 4.79 Å². The number of hydrogen-bond acceptors (Lipinski definition) is 2. The van der Waals surface area contributed by atoms with Gasteiger partial charge in [0.05, 0.1) is 0 Å². The zero-order valence-corrected chi connectivity index (χ0v) is 9.44. The van der Waals surface area contributed by atoms with Crippen molar-refractivity contribution < 1.29 is 14.7 Å². The fraction of sp³-hybridized carbons (Fsp3) is 0.800. The molecule has 1 amide bonds. The Hall–Kier alpha value is -1.06. The lowest BCUT2D eigenvalue weighted by Crippen LogP contribution is -2.43. The van der Waals surface area contributed by atoms with Gasteiger partial charge in [0.2, 0.25) is 5.91 Å². The lowest BCUT2D eigenvalue weighted by molar-refractivity contribution is -0.150. The highest BCUT2D eigenvalue weighted by molar-refractivity contribution is 5.84. The molecule has 2 atom stereocenters. The Balaban J connectivity index is 4.46. The summed E-state index contributed by atoms with van der Waals surface area (Å²) in [4.78, 5) is 23.6. The van der Waals surface area contributed by atoms with Crippen molar-refractivity contribution in [3.05, 3.63) is 0 Å². The van der Waals surface area contributed by atoms with Crippen LogP contribution in [0.3, 0.4) is 0 Å². The second-order valence-corrected chi connectivity index (χ2v) is 4.00. The van der Waals surface area contributed by atoms with Crippen LogP contribution in [0.25, 0.3) is 0 Å². The van der Waals surface area contributed by atoms with E-state index in [0.717, 1.165) is 0 Å². The fourth-order valence-corrected chi connectivity index (χ4v) is 0.963. The molecule has 0 rings (SSSR count). The lowest BCUT2D eigenvalue weighted by atomic mass is 9.96. The average Bonchev–Trinajstić information content (AvgIpc) is 2.12. The molecular formula is C10H19NO3. The lowest BCUT2D eigenvalue weighted by Gasteiger charge is -2.26. The van der Waals surface area contributed by atoms with Crippen molar-refractivity contribution in [1.29, 1.82) is 0 Å². The van der Waals surface area contributed by atoms with Crippen molar-refractivity contribution in [3.63, 3.8) is 0 Å². The summed E-state index contributed by atoms with van der Waals surface area (Å²) in [6.45, 7) is 7.22. The Morgan fingerprint density at radius 1 is 1.14 bits per heavy atom. The number of carbonyl (C=O) groups is 2. The van der Waals surface area contributed by atoms with Gasteiger partial charge in [-0.3, -0.25) is 4.79 Å². The molecule has 0 aromatic rings. The van der Waals surface area contributed by atoms with Crippen LogP contribution >= 0.6 is 0 Å². The maximum Gasteiger partial charge on any atom is 0.326 e. The summed E-state index contributed by atoms with van der Waals surface area (Å²) in [6.07, 6.45) is 0. The standard InChI is InChI=1S/C10H19NO3/c1-6(2)7(3)9(12)11(5)8(4)10(13)14/h6-8H,1-5H3,(H,13,14). The molecule has 4 nitrogen and oxygen atoms in total. The van der Waals surface area contributed by atoms with Gasteiger partial charge in [0, 0.05) is 13.0 Å². The molecule has 1 N–H and O–H groups in total. The molecule has 0 spiro atoms. The minimum atomic E-state index is -0.975. The van der Waals surface area contributed by atoms with E-state index in [1.165, 1.54) is 18.9 Å². The monoisotopic (exact) mass is 201 g/mol. The first-order chi connectivity index (χ1) is 6.29. The van der Waals surface area contributed by atoms with Gasteiger partial charge in [-0.1, -0.05) is 20.8 Å². The van der Waals surface area contributed by atoms with E-state index in [2.05, 4.69) is 0 Å². The van der Waals surface area contributed by atoms with Crippen molar-refractivity contribution in [2.24, 2.45) is 11.8 Å². The number of likely N-dealkylation sites (N-methyl/N-ethyl adjacent to an activating group) is 1. The number of nitrogens with zero attached hydrogens (tertiary/aromatic N) is 1. The molecule has 0 aromatic heterocycles. The van der Waals surface area contributed by atoms with Gasteiger partial charge >= 0.3 is 5.97 Å². The predicted octanol–water partition coefficient (Wildman–Crippen LogP) is 1.21. The van der Waals surface area contributed by atoms with Gasteiger partial charge in [-0.2, -0.15) is 0 Å². The molecule has 0 aliphatic carbocycles. The number of rotatable bonds is 4. The van der Waals surface area contributed by atoms with Gasteiger partial charge in [0.15, 0.2) is 0 Å². The molecule has 82 valence electrons. The highest BCUT2D eigenvalue weighted by Gasteiger charge is 2.26. The van der Waals surface area contributed by atoms with Crippen LogP contribution in [0, 0.1) is 11.8 Å². The molecule has 0 heterocycles. The van der Waals surface area contributed by atoms with Crippen LogP contribution in [0.5, 0.6) is 0 Å². The minimum Gasteiger partial charge on any atom is -0.480 e. The third-order valence-electron chi connectivity index (χ3n) is 2.68. The van der Waals surface area contributed by atoms with Crippen LogP contribution < -0.4 is 0 Å². The fourth-order valence-electron chi connectivity index (χ4n) is 0.963. The Morgan fingerprint density at radius 2 is 1.57 bits per heavy atom. The van der Waals surface area contributed by atoms with Crippen molar-refractivity contribution in [2.45, 2.75) is 33.7 Å². The SMILES string of the molecule is CC(C)C(C)C(=O)N(C)C(C)C(=O)O. The highest BCUT2D eigenvalue weighted by Crippen LogP contribution is 2.13. The molecule has 0 saturated carbocycles. The van der Waals surface area contributed by atoms with Crippen LogP contribution in [0.2, 0.25) is 0 Å². The Labute approximate surface area is 84.9 Å². The van der Waals surface area contributed by atoms with Gasteiger partial charge in [-0.15, -0.1) is 0 Å². The smallest absolute Gasteiger partial charge is 0.326 e. The summed E-state index contributed by atoms with van der Waals surface area (Å²) < 4.78 is 0. The highest BCUT2D eigenvalue weighted by atomic mass is 16.4. The zero-order valence-electron chi connectivity index (χ0n) is 9.44. The van der Waals surface area contributed by atoms with Crippen molar-refractivity contribution in [1.82, 2.24) is 4.90 Å². The number of carbonyl (C=O) groups excluding carboxylic acids is 1. The van der Waals surface area contributed by atoms with Crippen molar-refractivity contribution in [3.8, 4) is 0 Å². The number of carboxylic acid groups (broad SMARTS) is 1. The Kier molecular flexibility index (Phi) is 4.60. The quantitative estimate of drug-likeness (QED) is 0.743. The molecule has 0 aliphatic heterocycles. The summed E-state index contributed by atoms with van der Waals surface area (Å²) in [5, 5.41) is 8.73. The number of amides is 1. The van der Waals surface area contributed by atoms with Gasteiger partial charge in [-0.05, 0) is 12.8 Å². The Morgan fingerprint density at radius 3 is 1.86 bits per heavy atom. The summed E-state index contributed by atoms with van der Waals surface area (Å²) in [7, 11) is 1.53. The maximum absolute atomic E-state index is 11.7. The molecule has 0 fully saturated rings. The molecule has 0 bridgehead atoms. The summed E-state index contributed by atoms with van der Waals surface area (Å²) >= 11 is 0. The van der Waals surface area contributed by atoms with Crippen LogP contribution in [0.4, 0.5) is 0 Å². The van der Waals surface area contributed by atoms with Crippen LogP contribution in [0.15, 0.2) is 0 Å². The number of aliphatic carboxylic acids is 1. The van der Waals surface area contributed by atoms with E-state index in [1.807, 2.05) is 20.8 Å². The van der Waals surface area contributed by atoms with Crippen LogP contribution in [0.1, 0.15) is 27.7 Å². The molecule has 0 aromatic carbocycles. The van der Waals surface area contributed by atoms with Crippen LogP contribution in [-0.4, -0.2) is 35.0 Å². The van der Waals surface area contributed by atoms with E-state index in [0.29, 0.717) is 0 Å². The van der Waals surface area contributed by atoms with E-state index in [9.17, 15) is 9.59 Å². The summed E-state index contributed by atoms with van der Waals surface area (Å²) in [6, 6.07) is -0.760. The topological polar surface area (TPSA) is 57.6 Å². The normalized spacial score (nSPS) is 15.0. The predicted molar refractivity (Wildman–Crippen MR) is 53.9 cm³/mol. The van der Waals surface area contributed by atoms with E-state index >= 15 is 0 Å². The third-order valence-corrected chi connectivity index (χ3v) is 2.68. The second kappa shape index (κ2) is 4.98. The van der Waals surface area contributed by atoms with Gasteiger partial charge in [0.1, 0.15) is 6.04 Å². The van der Waals surface area contributed by atoms with Crippen LogP contribution in [-0.2, 0) is 9.59 Å². The summed E-state index contributed by atoms with van der Waals surface area (Å²) in [5.41, 5.74) is 0. The first-order valence-electron chi connectivity index (χ1n) is 4.78. The van der Waals surface area contributed by atoms with E-state index < -0.39 is 12.0 Å². The first-order valence-corrected chi connectivity index (χ1v) is 4.78. The summed E-state index contributed by atoms with van der Waals surface area (Å²) in [5.74, 6) is -1.00. The third kappa shape index (κ3) is 3.01. The zero-order chi connectivity index (χ0) is 11.5. The number of hydrogen-bond donors (Lipinski definition) is 1. The molecule has 14 heavy (non-hydrogen) atoms. The number of carboxylic acids is 1. The molecule has 4 heteroatoms. The van der Waals surface area contributed by atoms with E-state index in [-0.39, 0.29) is 17.7 Å². The molecular weight excluding hydrogens is 182 g/mol. The van der Waals surface area contributed by atoms with Gasteiger partial charge in [0.25, 0.3) is 0 Å². The first kappa shape index (κ1) is 12.9. The largest absolute Gasteiger partial charge is 0.480 e. The average molecular weight is 201 g/mol. The van der Waals surface area contributed by atoms with E-state index in [4.69, 9.17) is 5.11 Å². The van der Waals surface area contributed by atoms with Crippen molar-refractivity contribution in [2.75, 3.05) is 7.05 Å². The molecule has 0 radical (unpaired) electrons. The van der Waals surface area contributed by atoms with Gasteiger partial charge < -0.3 is 10.0 Å². The van der Waals surface area contributed by atoms with E-state index in [1.54, 1.807) is 0 Å². The van der Waals surface area contributed by atoms with Crippen molar-refractivity contribution >= 4 is 11.9 Å².